The SMILES string of the molecule is [N-]=[N+]=NCCCCOC(=O)[C@@H]1C2CCC(C[C@@H]1O)N2. The van der Waals surface area contributed by atoms with Gasteiger partial charge in [-0.1, -0.05) is 5.11 Å². The molecule has 2 N–H and O–H groups in total. The quantitative estimate of drug-likeness (QED) is 0.247. The minimum atomic E-state index is -0.588. The number of hydrogen-bond acceptors (Lipinski definition) is 5. The number of fused-ring (bicyclic) bond motifs is 2. The summed E-state index contributed by atoms with van der Waals surface area (Å²) in [6, 6.07) is 0.414. The van der Waals surface area contributed by atoms with Gasteiger partial charge in [0.05, 0.1) is 18.6 Å². The summed E-state index contributed by atoms with van der Waals surface area (Å²) < 4.78 is 5.21. The fourth-order valence-electron chi connectivity index (χ4n) is 2.95. The molecule has 0 aromatic rings. The summed E-state index contributed by atoms with van der Waals surface area (Å²) in [6.07, 6.45) is 3.38. The maximum absolute atomic E-state index is 12.0. The summed E-state index contributed by atoms with van der Waals surface area (Å²) in [7, 11) is 0. The van der Waals surface area contributed by atoms with Crippen LogP contribution in [-0.4, -0.2) is 42.4 Å². The molecule has 7 nitrogen and oxygen atoms in total. The number of aliphatic hydroxyl groups excluding tert-OH is 1. The van der Waals surface area contributed by atoms with Crippen molar-refractivity contribution in [3.8, 4) is 0 Å². The van der Waals surface area contributed by atoms with E-state index in [1.807, 2.05) is 0 Å². The number of nitrogens with one attached hydrogen (secondary N) is 1. The molecule has 2 saturated heterocycles. The Kier molecular flexibility index (Phi) is 5.01. The summed E-state index contributed by atoms with van der Waals surface area (Å²) in [6.45, 7) is 0.741. The van der Waals surface area contributed by atoms with Crippen molar-refractivity contribution in [3.63, 3.8) is 0 Å². The molecule has 106 valence electrons. The Morgan fingerprint density at radius 2 is 2.32 bits per heavy atom. The number of nitrogens with zero attached hydrogens (tertiary/aromatic N) is 3. The van der Waals surface area contributed by atoms with Gasteiger partial charge in [-0.3, -0.25) is 4.79 Å². The second-order valence-corrected chi connectivity index (χ2v) is 5.21. The van der Waals surface area contributed by atoms with Gasteiger partial charge in [-0.2, -0.15) is 0 Å². The second-order valence-electron chi connectivity index (χ2n) is 5.21. The predicted molar refractivity (Wildman–Crippen MR) is 68.3 cm³/mol. The van der Waals surface area contributed by atoms with E-state index in [0.717, 1.165) is 12.8 Å². The number of hydrogen-bond donors (Lipinski definition) is 2. The highest BCUT2D eigenvalue weighted by atomic mass is 16.5. The van der Waals surface area contributed by atoms with Crippen LogP contribution in [0.15, 0.2) is 5.11 Å². The molecule has 0 spiro atoms. The lowest BCUT2D eigenvalue weighted by Gasteiger charge is -2.32. The van der Waals surface area contributed by atoms with Gasteiger partial charge < -0.3 is 15.2 Å². The van der Waals surface area contributed by atoms with E-state index in [2.05, 4.69) is 15.3 Å². The lowest BCUT2D eigenvalue weighted by molar-refractivity contribution is -0.155. The van der Waals surface area contributed by atoms with Crippen LogP contribution in [-0.2, 0) is 9.53 Å². The molecule has 2 bridgehead atoms. The smallest absolute Gasteiger partial charge is 0.313 e. The van der Waals surface area contributed by atoms with Crippen LogP contribution < -0.4 is 5.32 Å². The molecule has 0 saturated carbocycles. The zero-order valence-corrected chi connectivity index (χ0v) is 10.9. The Labute approximate surface area is 111 Å². The predicted octanol–water partition coefficient (Wildman–Crippen LogP) is 1.12. The Morgan fingerprint density at radius 3 is 3.11 bits per heavy atom. The molecule has 0 aromatic carbocycles. The molecule has 2 fully saturated rings. The molecule has 7 heteroatoms. The van der Waals surface area contributed by atoms with E-state index in [0.29, 0.717) is 38.5 Å². The molecule has 2 unspecified atom stereocenters. The number of carbonyl (C=O) groups excluding carboxylic acids is 1. The minimum Gasteiger partial charge on any atom is -0.465 e. The molecule has 4 atom stereocenters. The van der Waals surface area contributed by atoms with Crippen molar-refractivity contribution in [3.05, 3.63) is 10.4 Å². The number of esters is 1. The van der Waals surface area contributed by atoms with Crippen molar-refractivity contribution in [2.75, 3.05) is 13.2 Å². The molecular formula is C12H20N4O3. The summed E-state index contributed by atoms with van der Waals surface area (Å²) in [5, 5.41) is 16.8. The normalized spacial score (nSPS) is 32.7. The van der Waals surface area contributed by atoms with Gasteiger partial charge >= 0.3 is 5.97 Å². The van der Waals surface area contributed by atoms with Gasteiger partial charge in [0.15, 0.2) is 0 Å². The summed E-state index contributed by atoms with van der Waals surface area (Å²) >= 11 is 0. The summed E-state index contributed by atoms with van der Waals surface area (Å²) in [5.41, 5.74) is 8.11. The van der Waals surface area contributed by atoms with Gasteiger partial charge in [-0.15, -0.1) is 0 Å². The van der Waals surface area contributed by atoms with Gasteiger partial charge in [0.25, 0.3) is 0 Å². The highest BCUT2D eigenvalue weighted by Gasteiger charge is 2.45. The first-order chi connectivity index (χ1) is 9.22. The lowest BCUT2D eigenvalue weighted by Crippen LogP contribution is -2.51. The Hall–Kier alpha value is -1.30. The molecule has 0 aliphatic carbocycles. The van der Waals surface area contributed by atoms with Crippen molar-refractivity contribution in [1.29, 1.82) is 0 Å². The Bertz CT molecular complexity index is 370. The number of rotatable bonds is 6. The van der Waals surface area contributed by atoms with Gasteiger partial charge in [0.2, 0.25) is 0 Å². The first-order valence-corrected chi connectivity index (χ1v) is 6.84. The minimum absolute atomic E-state index is 0.0597. The van der Waals surface area contributed by atoms with Crippen molar-refractivity contribution in [1.82, 2.24) is 5.32 Å². The van der Waals surface area contributed by atoms with E-state index in [1.165, 1.54) is 0 Å². The molecule has 2 rings (SSSR count). The molecule has 2 aliphatic heterocycles. The van der Waals surface area contributed by atoms with Gasteiger partial charge in [-0.25, -0.2) is 0 Å². The third-order valence-electron chi connectivity index (χ3n) is 3.88. The number of azide groups is 1. The number of aliphatic hydroxyl groups is 1. The summed E-state index contributed by atoms with van der Waals surface area (Å²) in [4.78, 5) is 14.6. The van der Waals surface area contributed by atoms with Crippen molar-refractivity contribution in [2.24, 2.45) is 11.0 Å². The monoisotopic (exact) mass is 268 g/mol. The molecule has 2 aliphatic rings. The van der Waals surface area contributed by atoms with Crippen molar-refractivity contribution >= 4 is 5.97 Å². The van der Waals surface area contributed by atoms with Crippen LogP contribution in [0.4, 0.5) is 0 Å². The van der Waals surface area contributed by atoms with Crippen LogP contribution >= 0.6 is 0 Å². The number of piperidine rings is 1. The lowest BCUT2D eigenvalue weighted by atomic mass is 9.89. The first-order valence-electron chi connectivity index (χ1n) is 6.84. The number of ether oxygens (including phenoxy) is 1. The summed E-state index contributed by atoms with van der Waals surface area (Å²) in [5.74, 6) is -0.745. The van der Waals surface area contributed by atoms with E-state index in [9.17, 15) is 9.90 Å². The average Bonchev–Trinajstić information content (AvgIpc) is 2.76. The van der Waals surface area contributed by atoms with E-state index < -0.39 is 12.0 Å². The first kappa shape index (κ1) is 14.1. The largest absolute Gasteiger partial charge is 0.465 e. The van der Waals surface area contributed by atoms with Crippen molar-refractivity contribution in [2.45, 2.75) is 50.3 Å². The molecule has 2 heterocycles. The van der Waals surface area contributed by atoms with Crippen LogP contribution in [0.1, 0.15) is 32.1 Å². The fourth-order valence-corrected chi connectivity index (χ4v) is 2.95. The Morgan fingerprint density at radius 1 is 1.47 bits per heavy atom. The number of carbonyl (C=O) groups is 1. The van der Waals surface area contributed by atoms with Gasteiger partial charge in [0, 0.05) is 23.5 Å². The standard InChI is InChI=1S/C12H20N4O3/c13-16-14-5-1-2-6-19-12(18)11-9-4-3-8(15-9)7-10(11)17/h8-11,15,17H,1-7H2/t8?,9?,10-,11+/m0/s1. The van der Waals surface area contributed by atoms with E-state index in [1.54, 1.807) is 0 Å². The van der Waals surface area contributed by atoms with E-state index >= 15 is 0 Å². The van der Waals surface area contributed by atoms with Crippen molar-refractivity contribution < 1.29 is 14.6 Å². The van der Waals surface area contributed by atoms with Crippen LogP contribution in [0.3, 0.4) is 0 Å². The second kappa shape index (κ2) is 6.75. The third kappa shape index (κ3) is 3.59. The maximum Gasteiger partial charge on any atom is 0.313 e. The molecule has 0 aromatic heterocycles. The zero-order chi connectivity index (χ0) is 13.7. The van der Waals surface area contributed by atoms with Gasteiger partial charge in [-0.05, 0) is 37.6 Å². The van der Waals surface area contributed by atoms with Crippen LogP contribution in [0.5, 0.6) is 0 Å². The molecular weight excluding hydrogens is 248 g/mol. The van der Waals surface area contributed by atoms with Gasteiger partial charge in [0.1, 0.15) is 0 Å². The molecule has 0 radical (unpaired) electrons. The van der Waals surface area contributed by atoms with Crippen LogP contribution in [0, 0.1) is 5.92 Å². The molecule has 19 heavy (non-hydrogen) atoms. The van der Waals surface area contributed by atoms with E-state index in [-0.39, 0.29) is 12.0 Å². The number of unbranched alkanes of at least 4 members (excludes halogenated alkanes) is 1. The molecule has 0 amide bonds. The third-order valence-corrected chi connectivity index (χ3v) is 3.88. The highest BCUT2D eigenvalue weighted by Crippen LogP contribution is 2.32. The maximum atomic E-state index is 12.0. The topological polar surface area (TPSA) is 107 Å². The fraction of sp³-hybridized carbons (Fsp3) is 0.917. The Balaban J connectivity index is 1.71. The highest BCUT2D eigenvalue weighted by molar-refractivity contribution is 5.74. The van der Waals surface area contributed by atoms with Crippen LogP contribution in [0.25, 0.3) is 10.4 Å². The van der Waals surface area contributed by atoms with Crippen LogP contribution in [0.2, 0.25) is 0 Å². The van der Waals surface area contributed by atoms with E-state index in [4.69, 9.17) is 10.3 Å². The average molecular weight is 268 g/mol. The zero-order valence-electron chi connectivity index (χ0n) is 10.9.